The number of carbonyl (C=O) groups is 1. The number of carboxylic acid groups (broad SMARTS) is 1. The molecule has 0 atom stereocenters. The van der Waals surface area contributed by atoms with Crippen LogP contribution in [0.5, 0.6) is 5.75 Å². The molecule has 0 fully saturated rings. The molecule has 1 aromatic heterocycles. The number of rotatable bonds is 4. The number of benzene rings is 1. The summed E-state index contributed by atoms with van der Waals surface area (Å²) in [5.41, 5.74) is 0.196. The second-order valence-electron chi connectivity index (χ2n) is 3.77. The molecule has 0 saturated heterocycles. The topological polar surface area (TPSA) is 70.7 Å². The Labute approximate surface area is 108 Å². The molecule has 0 spiro atoms. The molecule has 94 valence electrons. The molecule has 2 aromatic rings. The molecule has 5 heteroatoms. The molecule has 0 aliphatic heterocycles. The van der Waals surface area contributed by atoms with Gasteiger partial charge in [0.25, 0.3) is 0 Å². The van der Waals surface area contributed by atoms with Crippen molar-refractivity contribution in [3.05, 3.63) is 47.4 Å². The van der Waals surface area contributed by atoms with E-state index in [0.29, 0.717) is 17.3 Å². The lowest BCUT2D eigenvalue weighted by molar-refractivity contribution is 0.0695. The highest BCUT2D eigenvalue weighted by Gasteiger charge is 2.13. The van der Waals surface area contributed by atoms with Crippen molar-refractivity contribution in [2.24, 2.45) is 0 Å². The van der Waals surface area contributed by atoms with Gasteiger partial charge in [0.05, 0.1) is 5.75 Å². The summed E-state index contributed by atoms with van der Waals surface area (Å²) in [6.45, 7) is 1.63. The third-order valence-electron chi connectivity index (χ3n) is 2.40. The normalized spacial score (nSPS) is 10.5. The van der Waals surface area contributed by atoms with Gasteiger partial charge in [0.15, 0.2) is 0 Å². The number of aryl methyl sites for hydroxylation is 1. The summed E-state index contributed by atoms with van der Waals surface area (Å²) in [6, 6.07) is 8.42. The molecule has 1 aromatic carbocycles. The van der Waals surface area contributed by atoms with E-state index in [4.69, 9.17) is 9.52 Å². The van der Waals surface area contributed by atoms with E-state index in [-0.39, 0.29) is 11.3 Å². The van der Waals surface area contributed by atoms with Crippen LogP contribution >= 0.6 is 11.8 Å². The van der Waals surface area contributed by atoms with E-state index < -0.39 is 5.97 Å². The number of furan rings is 1. The Morgan fingerprint density at radius 2 is 2.17 bits per heavy atom. The highest BCUT2D eigenvalue weighted by molar-refractivity contribution is 7.98. The lowest BCUT2D eigenvalue weighted by Gasteiger charge is -1.99. The van der Waals surface area contributed by atoms with Crippen molar-refractivity contribution in [1.82, 2.24) is 0 Å². The lowest BCUT2D eigenvalue weighted by Crippen LogP contribution is -1.94. The molecule has 0 unspecified atom stereocenters. The van der Waals surface area contributed by atoms with Crippen molar-refractivity contribution in [2.75, 3.05) is 0 Å². The average molecular weight is 264 g/mol. The van der Waals surface area contributed by atoms with Crippen LogP contribution in [0.3, 0.4) is 0 Å². The molecule has 0 bridgehead atoms. The fourth-order valence-corrected chi connectivity index (χ4v) is 2.38. The van der Waals surface area contributed by atoms with Crippen LogP contribution in [0, 0.1) is 6.92 Å². The van der Waals surface area contributed by atoms with E-state index in [9.17, 15) is 9.90 Å². The van der Waals surface area contributed by atoms with Crippen LogP contribution < -0.4 is 0 Å². The van der Waals surface area contributed by atoms with Crippen LogP contribution in [-0.2, 0) is 5.75 Å². The minimum absolute atomic E-state index is 0.196. The van der Waals surface area contributed by atoms with Crippen LogP contribution in [0.25, 0.3) is 0 Å². The summed E-state index contributed by atoms with van der Waals surface area (Å²) in [4.78, 5) is 11.8. The monoisotopic (exact) mass is 264 g/mol. The number of carboxylic acids is 1. The summed E-state index contributed by atoms with van der Waals surface area (Å²) >= 11 is 1.47. The first-order valence-electron chi connectivity index (χ1n) is 5.30. The maximum absolute atomic E-state index is 10.9. The fraction of sp³-hybridized carbons (Fsp3) is 0.154. The van der Waals surface area contributed by atoms with Gasteiger partial charge in [-0.25, -0.2) is 4.79 Å². The molecule has 0 aliphatic carbocycles. The highest BCUT2D eigenvalue weighted by Crippen LogP contribution is 2.27. The molecule has 0 saturated carbocycles. The van der Waals surface area contributed by atoms with Crippen LogP contribution in [0.4, 0.5) is 0 Å². The summed E-state index contributed by atoms with van der Waals surface area (Å²) in [5, 5.41) is 18.2. The minimum atomic E-state index is -0.982. The predicted molar refractivity (Wildman–Crippen MR) is 68.1 cm³/mol. The lowest BCUT2D eigenvalue weighted by atomic mass is 10.2. The Balaban J connectivity index is 2.06. The van der Waals surface area contributed by atoms with Gasteiger partial charge in [0.1, 0.15) is 22.8 Å². The molecule has 0 aliphatic rings. The quantitative estimate of drug-likeness (QED) is 0.829. The van der Waals surface area contributed by atoms with Crippen LogP contribution in [-0.4, -0.2) is 16.2 Å². The van der Waals surface area contributed by atoms with Crippen LogP contribution in [0.2, 0.25) is 0 Å². The van der Waals surface area contributed by atoms with Gasteiger partial charge in [0, 0.05) is 4.90 Å². The molecule has 0 amide bonds. The second kappa shape index (κ2) is 5.18. The Morgan fingerprint density at radius 3 is 2.78 bits per heavy atom. The zero-order valence-electron chi connectivity index (χ0n) is 9.71. The van der Waals surface area contributed by atoms with Crippen LogP contribution in [0.15, 0.2) is 39.6 Å². The van der Waals surface area contributed by atoms with Gasteiger partial charge in [-0.05, 0) is 31.2 Å². The van der Waals surface area contributed by atoms with Gasteiger partial charge < -0.3 is 14.6 Å². The van der Waals surface area contributed by atoms with Crippen molar-refractivity contribution < 1.29 is 19.4 Å². The van der Waals surface area contributed by atoms with Gasteiger partial charge >= 0.3 is 5.97 Å². The highest BCUT2D eigenvalue weighted by atomic mass is 32.2. The standard InChI is InChI=1S/C13H12O4S/c1-8-12(13(15)16)6-10(17-8)7-18-11-4-2-3-9(14)5-11/h2-6,14H,7H2,1H3,(H,15,16). The zero-order valence-corrected chi connectivity index (χ0v) is 10.5. The Hall–Kier alpha value is -1.88. The van der Waals surface area contributed by atoms with Gasteiger partial charge in [0.2, 0.25) is 0 Å². The van der Waals surface area contributed by atoms with E-state index in [1.54, 1.807) is 25.1 Å². The minimum Gasteiger partial charge on any atom is -0.508 e. The summed E-state index contributed by atoms with van der Waals surface area (Å²) in [5.74, 6) is 0.774. The average Bonchev–Trinajstić information content (AvgIpc) is 2.68. The van der Waals surface area contributed by atoms with Crippen molar-refractivity contribution in [3.63, 3.8) is 0 Å². The first-order chi connectivity index (χ1) is 8.56. The first kappa shape index (κ1) is 12.6. The maximum atomic E-state index is 10.9. The smallest absolute Gasteiger partial charge is 0.339 e. The number of hydrogen-bond acceptors (Lipinski definition) is 4. The first-order valence-corrected chi connectivity index (χ1v) is 6.29. The number of aromatic hydroxyl groups is 1. The molecule has 0 radical (unpaired) electrons. The van der Waals surface area contributed by atoms with Crippen molar-refractivity contribution in [1.29, 1.82) is 0 Å². The third-order valence-corrected chi connectivity index (χ3v) is 3.41. The predicted octanol–water partition coefficient (Wildman–Crippen LogP) is 3.28. The summed E-state index contributed by atoms with van der Waals surface area (Å²) < 4.78 is 5.36. The number of phenols is 1. The number of hydrogen-bond donors (Lipinski definition) is 2. The van der Waals surface area contributed by atoms with E-state index in [0.717, 1.165) is 4.90 Å². The van der Waals surface area contributed by atoms with Crippen molar-refractivity contribution >= 4 is 17.7 Å². The van der Waals surface area contributed by atoms with Gasteiger partial charge in [-0.2, -0.15) is 0 Å². The molecule has 1 heterocycles. The number of aromatic carboxylic acids is 1. The molecular weight excluding hydrogens is 252 g/mol. The van der Waals surface area contributed by atoms with Gasteiger partial charge in [-0.3, -0.25) is 0 Å². The molecule has 4 nitrogen and oxygen atoms in total. The molecular formula is C13H12O4S. The van der Waals surface area contributed by atoms with Crippen molar-refractivity contribution in [2.45, 2.75) is 17.6 Å². The SMILES string of the molecule is Cc1oc(CSc2cccc(O)c2)cc1C(=O)O. The van der Waals surface area contributed by atoms with E-state index in [1.165, 1.54) is 17.8 Å². The van der Waals surface area contributed by atoms with Crippen molar-refractivity contribution in [3.8, 4) is 5.75 Å². The Bertz CT molecular complexity index is 574. The Kier molecular flexibility index (Phi) is 3.62. The van der Waals surface area contributed by atoms with E-state index in [1.807, 2.05) is 6.07 Å². The van der Waals surface area contributed by atoms with Gasteiger partial charge in [-0.1, -0.05) is 6.07 Å². The van der Waals surface area contributed by atoms with Gasteiger partial charge in [-0.15, -0.1) is 11.8 Å². The molecule has 2 N–H and O–H groups in total. The largest absolute Gasteiger partial charge is 0.508 e. The van der Waals surface area contributed by atoms with E-state index in [2.05, 4.69) is 0 Å². The molecule has 2 rings (SSSR count). The second-order valence-corrected chi connectivity index (χ2v) is 4.82. The zero-order chi connectivity index (χ0) is 13.1. The maximum Gasteiger partial charge on any atom is 0.339 e. The van der Waals surface area contributed by atoms with E-state index >= 15 is 0 Å². The number of phenolic OH excluding ortho intramolecular Hbond substituents is 1. The summed E-state index contributed by atoms with van der Waals surface area (Å²) in [7, 11) is 0. The molecule has 18 heavy (non-hydrogen) atoms. The number of thioether (sulfide) groups is 1. The Morgan fingerprint density at radius 1 is 1.39 bits per heavy atom. The van der Waals surface area contributed by atoms with Crippen LogP contribution in [0.1, 0.15) is 21.9 Å². The third kappa shape index (κ3) is 2.87. The fourth-order valence-electron chi connectivity index (χ4n) is 1.55. The summed E-state index contributed by atoms with van der Waals surface area (Å²) in [6.07, 6.45) is 0.